The summed E-state index contributed by atoms with van der Waals surface area (Å²) < 4.78 is 15.7. The number of amides is 1. The first-order valence-electron chi connectivity index (χ1n) is 9.25. The summed E-state index contributed by atoms with van der Waals surface area (Å²) in [4.78, 5) is 35.6. The van der Waals surface area contributed by atoms with Crippen molar-refractivity contribution in [2.45, 2.75) is 33.3 Å². The average molecular weight is 399 g/mol. The highest BCUT2D eigenvalue weighted by molar-refractivity contribution is 5.95. The Morgan fingerprint density at radius 2 is 1.72 bits per heavy atom. The zero-order valence-electron chi connectivity index (χ0n) is 17.0. The maximum atomic E-state index is 12.2. The third-order valence-corrected chi connectivity index (χ3v) is 4.22. The van der Waals surface area contributed by atoms with Crippen molar-refractivity contribution in [1.82, 2.24) is 0 Å². The third-order valence-electron chi connectivity index (χ3n) is 4.22. The molecule has 0 bridgehead atoms. The Kier molecular flexibility index (Phi) is 7.77. The van der Waals surface area contributed by atoms with Crippen LogP contribution in [0.4, 0.5) is 5.69 Å². The smallest absolute Gasteiger partial charge is 0.344 e. The van der Waals surface area contributed by atoms with Gasteiger partial charge < -0.3 is 19.5 Å². The van der Waals surface area contributed by atoms with Gasteiger partial charge in [0.1, 0.15) is 0 Å². The summed E-state index contributed by atoms with van der Waals surface area (Å²) >= 11 is 0. The highest BCUT2D eigenvalue weighted by Crippen LogP contribution is 2.28. The number of ketones is 1. The van der Waals surface area contributed by atoms with Gasteiger partial charge in [0.25, 0.3) is 5.91 Å². The summed E-state index contributed by atoms with van der Waals surface area (Å²) in [5.41, 5.74) is 2.25. The first kappa shape index (κ1) is 21.9. The Bertz CT molecular complexity index is 875. The van der Waals surface area contributed by atoms with Crippen LogP contribution in [0.1, 0.15) is 36.7 Å². The molecule has 0 aromatic heterocycles. The van der Waals surface area contributed by atoms with Crippen molar-refractivity contribution in [1.29, 1.82) is 0 Å². The number of rotatable bonds is 9. The molecule has 0 unspecified atom stereocenters. The van der Waals surface area contributed by atoms with E-state index in [0.29, 0.717) is 22.7 Å². The van der Waals surface area contributed by atoms with Gasteiger partial charge >= 0.3 is 5.97 Å². The van der Waals surface area contributed by atoms with E-state index in [9.17, 15) is 14.4 Å². The summed E-state index contributed by atoms with van der Waals surface area (Å²) in [5, 5.41) is 2.70. The van der Waals surface area contributed by atoms with E-state index in [0.717, 1.165) is 12.0 Å². The second-order valence-corrected chi connectivity index (χ2v) is 6.38. The fraction of sp³-hybridized carbons (Fsp3) is 0.318. The van der Waals surface area contributed by atoms with E-state index in [-0.39, 0.29) is 5.78 Å². The minimum atomic E-state index is -0.987. The summed E-state index contributed by atoms with van der Waals surface area (Å²) in [7, 11) is 1.43. The number of benzene rings is 2. The number of carbonyl (C=O) groups excluding carboxylic acids is 3. The zero-order chi connectivity index (χ0) is 21.4. The number of ether oxygens (including phenoxy) is 3. The first-order chi connectivity index (χ1) is 13.8. The molecule has 2 aromatic carbocycles. The molecular weight excluding hydrogens is 374 g/mol. The molecule has 1 N–H and O–H groups in total. The number of anilines is 1. The van der Waals surface area contributed by atoms with Crippen molar-refractivity contribution >= 4 is 23.3 Å². The second kappa shape index (κ2) is 10.3. The number of aryl methyl sites for hydroxylation is 1. The Balaban J connectivity index is 1.87. The quantitative estimate of drug-likeness (QED) is 0.513. The van der Waals surface area contributed by atoms with E-state index < -0.39 is 24.6 Å². The van der Waals surface area contributed by atoms with Crippen LogP contribution in [0.15, 0.2) is 42.5 Å². The van der Waals surface area contributed by atoms with Crippen molar-refractivity contribution in [3.05, 3.63) is 53.6 Å². The molecule has 2 aromatic rings. The largest absolute Gasteiger partial charge is 0.493 e. The van der Waals surface area contributed by atoms with Gasteiger partial charge in [-0.25, -0.2) is 4.79 Å². The van der Waals surface area contributed by atoms with Gasteiger partial charge in [0, 0.05) is 11.3 Å². The predicted molar refractivity (Wildman–Crippen MR) is 108 cm³/mol. The molecule has 0 aliphatic carbocycles. The lowest BCUT2D eigenvalue weighted by molar-refractivity contribution is -0.155. The molecule has 7 heteroatoms. The fourth-order valence-electron chi connectivity index (χ4n) is 2.49. The zero-order valence-corrected chi connectivity index (χ0v) is 17.0. The molecule has 0 heterocycles. The van der Waals surface area contributed by atoms with Gasteiger partial charge in [0.2, 0.25) is 0 Å². The Hall–Kier alpha value is -3.35. The topological polar surface area (TPSA) is 90.9 Å². The Labute approximate surface area is 170 Å². The normalized spacial score (nSPS) is 11.3. The summed E-state index contributed by atoms with van der Waals surface area (Å²) in [6.07, 6.45) is -0.0798. The van der Waals surface area contributed by atoms with Gasteiger partial charge in [-0.2, -0.15) is 0 Å². The second-order valence-electron chi connectivity index (χ2n) is 6.38. The van der Waals surface area contributed by atoms with E-state index in [1.54, 1.807) is 24.3 Å². The van der Waals surface area contributed by atoms with E-state index >= 15 is 0 Å². The van der Waals surface area contributed by atoms with Crippen LogP contribution in [0.25, 0.3) is 0 Å². The lowest BCUT2D eigenvalue weighted by Gasteiger charge is -2.15. The molecule has 154 valence electrons. The fourth-order valence-corrected chi connectivity index (χ4v) is 2.49. The molecule has 0 aliphatic heterocycles. The highest BCUT2D eigenvalue weighted by Gasteiger charge is 2.19. The summed E-state index contributed by atoms with van der Waals surface area (Å²) in [6.45, 7) is 4.57. The monoisotopic (exact) mass is 399 g/mol. The molecule has 2 rings (SSSR count). The van der Waals surface area contributed by atoms with Gasteiger partial charge in [-0.15, -0.1) is 0 Å². The number of hydrogen-bond acceptors (Lipinski definition) is 6. The van der Waals surface area contributed by atoms with Crippen LogP contribution < -0.4 is 14.8 Å². The number of hydrogen-bond donors (Lipinski definition) is 1. The maximum absolute atomic E-state index is 12.2. The van der Waals surface area contributed by atoms with Crippen molar-refractivity contribution < 1.29 is 28.6 Å². The van der Waals surface area contributed by atoms with Crippen molar-refractivity contribution in [3.8, 4) is 11.5 Å². The number of Topliss-reactive ketones (excluding diaryl/α,β-unsaturated/α-hetero) is 1. The van der Waals surface area contributed by atoms with Crippen LogP contribution in [-0.2, 0) is 20.7 Å². The van der Waals surface area contributed by atoms with E-state index in [1.807, 2.05) is 19.1 Å². The highest BCUT2D eigenvalue weighted by atomic mass is 16.6. The van der Waals surface area contributed by atoms with Gasteiger partial charge in [-0.1, -0.05) is 19.1 Å². The molecule has 0 saturated heterocycles. The van der Waals surface area contributed by atoms with E-state index in [2.05, 4.69) is 5.32 Å². The summed E-state index contributed by atoms with van der Waals surface area (Å²) in [6, 6.07) is 12.1. The molecular formula is C22H25NO6. The first-order valence-corrected chi connectivity index (χ1v) is 9.25. The minimum Gasteiger partial charge on any atom is -0.493 e. The standard InChI is InChI=1S/C22H25NO6/c1-5-16-6-9-18(10-7-16)23-22(26)15(3)29-21(25)13-28-19-11-8-17(14(2)24)12-20(19)27-4/h6-12,15H,5,13H2,1-4H3,(H,23,26)/t15-/m1/s1. The maximum Gasteiger partial charge on any atom is 0.344 e. The van der Waals surface area contributed by atoms with Crippen molar-refractivity contribution in [2.75, 3.05) is 19.0 Å². The van der Waals surface area contributed by atoms with Crippen LogP contribution in [0.5, 0.6) is 11.5 Å². The number of carbonyl (C=O) groups is 3. The lowest BCUT2D eigenvalue weighted by atomic mass is 10.1. The SMILES string of the molecule is CCc1ccc(NC(=O)[C@@H](C)OC(=O)COc2ccc(C(C)=O)cc2OC)cc1. The van der Waals surface area contributed by atoms with Gasteiger partial charge in [0.05, 0.1) is 7.11 Å². The van der Waals surface area contributed by atoms with Crippen LogP contribution in [-0.4, -0.2) is 37.5 Å². The number of nitrogens with one attached hydrogen (secondary N) is 1. The molecule has 7 nitrogen and oxygen atoms in total. The number of methoxy groups -OCH3 is 1. The number of esters is 1. The lowest BCUT2D eigenvalue weighted by Crippen LogP contribution is -2.31. The molecule has 0 spiro atoms. The van der Waals surface area contributed by atoms with Crippen LogP contribution >= 0.6 is 0 Å². The van der Waals surface area contributed by atoms with Gasteiger partial charge in [0.15, 0.2) is 30.0 Å². The molecule has 0 fully saturated rings. The van der Waals surface area contributed by atoms with Crippen molar-refractivity contribution in [3.63, 3.8) is 0 Å². The van der Waals surface area contributed by atoms with Crippen LogP contribution in [0.2, 0.25) is 0 Å². The van der Waals surface area contributed by atoms with E-state index in [1.165, 1.54) is 27.0 Å². The van der Waals surface area contributed by atoms with Gasteiger partial charge in [-0.3, -0.25) is 9.59 Å². The Morgan fingerprint density at radius 1 is 1.03 bits per heavy atom. The third kappa shape index (κ3) is 6.34. The molecule has 29 heavy (non-hydrogen) atoms. The summed E-state index contributed by atoms with van der Waals surface area (Å²) in [5.74, 6) is -0.634. The molecule has 1 amide bonds. The molecule has 0 aliphatic rings. The molecule has 0 radical (unpaired) electrons. The molecule has 1 atom stereocenters. The Morgan fingerprint density at radius 3 is 2.31 bits per heavy atom. The van der Waals surface area contributed by atoms with Crippen LogP contribution in [0.3, 0.4) is 0 Å². The van der Waals surface area contributed by atoms with Crippen LogP contribution in [0, 0.1) is 0 Å². The van der Waals surface area contributed by atoms with Crippen molar-refractivity contribution in [2.24, 2.45) is 0 Å². The molecule has 0 saturated carbocycles. The predicted octanol–water partition coefficient (Wildman–Crippen LogP) is 3.41. The minimum absolute atomic E-state index is 0.113. The average Bonchev–Trinajstić information content (AvgIpc) is 2.72. The van der Waals surface area contributed by atoms with Gasteiger partial charge in [-0.05, 0) is 56.2 Å². The van der Waals surface area contributed by atoms with E-state index in [4.69, 9.17) is 14.2 Å².